The summed E-state index contributed by atoms with van der Waals surface area (Å²) in [5.74, 6) is 1.74. The number of para-hydroxylation sites is 2. The van der Waals surface area contributed by atoms with Crippen LogP contribution in [-0.2, 0) is 19.6 Å². The van der Waals surface area contributed by atoms with Gasteiger partial charge < -0.3 is 14.2 Å². The van der Waals surface area contributed by atoms with E-state index in [0.717, 1.165) is 11.0 Å². The minimum absolute atomic E-state index is 0.140. The van der Waals surface area contributed by atoms with E-state index >= 15 is 0 Å². The molecule has 0 amide bonds. The Balaban J connectivity index is 1.61. The highest BCUT2D eigenvalue weighted by Crippen LogP contribution is 2.18. The van der Waals surface area contributed by atoms with Crippen molar-refractivity contribution >= 4 is 11.0 Å². The average molecular weight is 334 g/mol. The Labute approximate surface area is 144 Å². The predicted molar refractivity (Wildman–Crippen MR) is 93.0 cm³/mol. The molecule has 0 unspecified atom stereocenters. The zero-order valence-electron chi connectivity index (χ0n) is 13.9. The SMILES string of the molecule is Cc1ccccc1Cc1noc(Cn2c(CO)nc3ccccc32)n1. The summed E-state index contributed by atoms with van der Waals surface area (Å²) in [4.78, 5) is 8.93. The van der Waals surface area contributed by atoms with E-state index < -0.39 is 0 Å². The third-order valence-corrected chi connectivity index (χ3v) is 4.29. The molecule has 0 fully saturated rings. The van der Waals surface area contributed by atoms with Crippen LogP contribution in [-0.4, -0.2) is 24.8 Å². The number of hydrogen-bond donors (Lipinski definition) is 1. The van der Waals surface area contributed by atoms with Crippen LogP contribution in [0, 0.1) is 6.92 Å². The zero-order valence-corrected chi connectivity index (χ0v) is 13.9. The Bertz CT molecular complexity index is 1020. The summed E-state index contributed by atoms with van der Waals surface area (Å²) >= 11 is 0. The van der Waals surface area contributed by atoms with Crippen LogP contribution < -0.4 is 0 Å². The summed E-state index contributed by atoms with van der Waals surface area (Å²) in [5, 5.41) is 13.7. The van der Waals surface area contributed by atoms with Gasteiger partial charge in [-0.15, -0.1) is 0 Å². The number of rotatable bonds is 5. The quantitative estimate of drug-likeness (QED) is 0.607. The van der Waals surface area contributed by atoms with Gasteiger partial charge in [0.2, 0.25) is 5.89 Å². The minimum atomic E-state index is -0.140. The van der Waals surface area contributed by atoms with Crippen molar-refractivity contribution in [1.82, 2.24) is 19.7 Å². The largest absolute Gasteiger partial charge is 0.388 e. The molecule has 25 heavy (non-hydrogen) atoms. The molecule has 4 rings (SSSR count). The number of aliphatic hydroxyl groups excluding tert-OH is 1. The van der Waals surface area contributed by atoms with Crippen LogP contribution >= 0.6 is 0 Å². The van der Waals surface area contributed by atoms with Crippen molar-refractivity contribution in [1.29, 1.82) is 0 Å². The molecule has 1 N–H and O–H groups in total. The second kappa shape index (κ2) is 6.49. The molecule has 0 aliphatic heterocycles. The second-order valence-corrected chi connectivity index (χ2v) is 5.97. The molecule has 0 aliphatic rings. The van der Waals surface area contributed by atoms with Gasteiger partial charge in [-0.1, -0.05) is 41.6 Å². The van der Waals surface area contributed by atoms with Crippen LogP contribution in [0.25, 0.3) is 11.0 Å². The number of hydrogen-bond acceptors (Lipinski definition) is 5. The van der Waals surface area contributed by atoms with E-state index in [9.17, 15) is 5.11 Å². The number of imidazole rings is 1. The smallest absolute Gasteiger partial charge is 0.246 e. The fourth-order valence-corrected chi connectivity index (χ4v) is 2.96. The van der Waals surface area contributed by atoms with E-state index in [0.29, 0.717) is 30.5 Å². The molecular weight excluding hydrogens is 316 g/mol. The van der Waals surface area contributed by atoms with Gasteiger partial charge in [0, 0.05) is 6.42 Å². The topological polar surface area (TPSA) is 77.0 Å². The molecule has 0 atom stereocenters. The molecule has 126 valence electrons. The third kappa shape index (κ3) is 3.04. The van der Waals surface area contributed by atoms with E-state index in [1.165, 1.54) is 11.1 Å². The first kappa shape index (κ1) is 15.5. The summed E-state index contributed by atoms with van der Waals surface area (Å²) in [6.45, 7) is 2.32. The van der Waals surface area contributed by atoms with Gasteiger partial charge in [-0.3, -0.25) is 0 Å². The summed E-state index contributed by atoms with van der Waals surface area (Å²) in [5.41, 5.74) is 4.16. The molecule has 0 radical (unpaired) electrons. The molecule has 0 spiro atoms. The third-order valence-electron chi connectivity index (χ3n) is 4.29. The maximum Gasteiger partial charge on any atom is 0.246 e. The van der Waals surface area contributed by atoms with Crippen LogP contribution in [0.15, 0.2) is 53.1 Å². The van der Waals surface area contributed by atoms with Crippen molar-refractivity contribution in [2.75, 3.05) is 0 Å². The molecule has 0 saturated heterocycles. The van der Waals surface area contributed by atoms with Crippen LogP contribution in [0.5, 0.6) is 0 Å². The Morgan fingerprint density at radius 1 is 1.04 bits per heavy atom. The van der Waals surface area contributed by atoms with Gasteiger partial charge in [0.25, 0.3) is 0 Å². The molecule has 2 heterocycles. The minimum Gasteiger partial charge on any atom is -0.388 e. The predicted octanol–water partition coefficient (Wildman–Crippen LogP) is 2.86. The maximum atomic E-state index is 9.58. The molecule has 0 bridgehead atoms. The normalized spacial score (nSPS) is 11.3. The van der Waals surface area contributed by atoms with Gasteiger partial charge in [-0.2, -0.15) is 4.98 Å². The van der Waals surface area contributed by atoms with Gasteiger partial charge in [0.05, 0.1) is 11.0 Å². The molecule has 2 aromatic heterocycles. The van der Waals surface area contributed by atoms with Crippen molar-refractivity contribution in [3.63, 3.8) is 0 Å². The van der Waals surface area contributed by atoms with E-state index in [2.05, 4.69) is 34.2 Å². The molecule has 4 aromatic rings. The van der Waals surface area contributed by atoms with Gasteiger partial charge in [0.15, 0.2) is 5.82 Å². The van der Waals surface area contributed by atoms with Crippen molar-refractivity contribution < 1.29 is 9.63 Å². The highest BCUT2D eigenvalue weighted by Gasteiger charge is 2.14. The number of aryl methyl sites for hydroxylation is 1. The monoisotopic (exact) mass is 334 g/mol. The van der Waals surface area contributed by atoms with Gasteiger partial charge in [-0.25, -0.2) is 4.98 Å². The lowest BCUT2D eigenvalue weighted by Gasteiger charge is -2.04. The van der Waals surface area contributed by atoms with Crippen LogP contribution in [0.3, 0.4) is 0 Å². The van der Waals surface area contributed by atoms with Crippen molar-refractivity contribution in [3.8, 4) is 0 Å². The molecule has 0 saturated carbocycles. The van der Waals surface area contributed by atoms with Gasteiger partial charge in [0.1, 0.15) is 19.0 Å². The first-order valence-electron chi connectivity index (χ1n) is 8.15. The van der Waals surface area contributed by atoms with Gasteiger partial charge >= 0.3 is 0 Å². The molecule has 2 aromatic carbocycles. The van der Waals surface area contributed by atoms with Crippen molar-refractivity contribution in [2.24, 2.45) is 0 Å². The summed E-state index contributed by atoms with van der Waals surface area (Å²) in [6, 6.07) is 15.9. The highest BCUT2D eigenvalue weighted by atomic mass is 16.5. The average Bonchev–Trinajstić information content (AvgIpc) is 3.22. The summed E-state index contributed by atoms with van der Waals surface area (Å²) < 4.78 is 7.31. The number of aromatic nitrogens is 4. The number of fused-ring (bicyclic) bond motifs is 1. The van der Waals surface area contributed by atoms with Crippen LogP contribution in [0.4, 0.5) is 0 Å². The van der Waals surface area contributed by atoms with E-state index in [4.69, 9.17) is 4.52 Å². The molecular formula is C19H18N4O2. The fraction of sp³-hybridized carbons (Fsp3) is 0.211. The summed E-state index contributed by atoms with van der Waals surface area (Å²) in [6.07, 6.45) is 0.633. The highest BCUT2D eigenvalue weighted by molar-refractivity contribution is 5.75. The first-order valence-corrected chi connectivity index (χ1v) is 8.15. The summed E-state index contributed by atoms with van der Waals surface area (Å²) in [7, 11) is 0. The Morgan fingerprint density at radius 2 is 1.84 bits per heavy atom. The number of benzene rings is 2. The molecule has 6 heteroatoms. The maximum absolute atomic E-state index is 9.58. The van der Waals surface area contributed by atoms with Crippen LogP contribution in [0.1, 0.15) is 28.7 Å². The Morgan fingerprint density at radius 3 is 2.68 bits per heavy atom. The lowest BCUT2D eigenvalue weighted by molar-refractivity contribution is 0.264. The lowest BCUT2D eigenvalue weighted by Crippen LogP contribution is -2.05. The molecule has 6 nitrogen and oxygen atoms in total. The first-order chi connectivity index (χ1) is 12.2. The van der Waals surface area contributed by atoms with E-state index in [1.807, 2.05) is 41.0 Å². The van der Waals surface area contributed by atoms with E-state index in [1.54, 1.807) is 0 Å². The lowest BCUT2D eigenvalue weighted by atomic mass is 10.1. The number of aliphatic hydroxyl groups is 1. The van der Waals surface area contributed by atoms with Crippen molar-refractivity contribution in [3.05, 3.63) is 77.2 Å². The standard InChI is InChI=1S/C19H18N4O2/c1-13-6-2-3-7-14(13)10-17-21-19(25-22-17)11-23-16-9-5-4-8-15(16)20-18(23)12-24/h2-9,24H,10-12H2,1H3. The Hall–Kier alpha value is -2.99. The second-order valence-electron chi connectivity index (χ2n) is 5.97. The molecule has 0 aliphatic carbocycles. The van der Waals surface area contributed by atoms with E-state index in [-0.39, 0.29) is 6.61 Å². The fourth-order valence-electron chi connectivity index (χ4n) is 2.96. The Kier molecular flexibility index (Phi) is 4.03. The van der Waals surface area contributed by atoms with Crippen molar-refractivity contribution in [2.45, 2.75) is 26.5 Å². The zero-order chi connectivity index (χ0) is 17.2. The number of nitrogens with zero attached hydrogens (tertiary/aromatic N) is 4. The van der Waals surface area contributed by atoms with Crippen LogP contribution in [0.2, 0.25) is 0 Å². The van der Waals surface area contributed by atoms with Gasteiger partial charge in [-0.05, 0) is 30.2 Å².